The molecule has 220 valence electrons. The number of anilines is 3. The van der Waals surface area contributed by atoms with E-state index in [0.29, 0.717) is 18.5 Å². The molecule has 0 spiro atoms. The van der Waals surface area contributed by atoms with Crippen LogP contribution in [0.25, 0.3) is 0 Å². The quantitative estimate of drug-likeness (QED) is 0.0619. The summed E-state index contributed by atoms with van der Waals surface area (Å²) in [6.45, 7) is 2.72. The fourth-order valence-electron chi connectivity index (χ4n) is 4.36. The summed E-state index contributed by atoms with van der Waals surface area (Å²) in [5.74, 6) is -0.0351. The van der Waals surface area contributed by atoms with E-state index in [9.17, 15) is 19.8 Å². The fourth-order valence-corrected chi connectivity index (χ4v) is 4.36. The average molecular weight is 563 g/mol. The lowest BCUT2D eigenvalue weighted by Gasteiger charge is -2.14. The standard InChI is InChI=1S/C32H42N4O5/c37-24-34-29-22-26(16-17-30(29)38)31(39)23-33-18-7-1-2-8-19-41-20-9-6-11-25-12-10-15-28(21-25)36-32(40)35-27-13-4-3-5-14-27/h3-5,10,12-17,21-22,24,31,33,38-39H,1-2,6-9,11,18-20,23H2,(H,34,37)(H2,35,36,40)/t31-/m0/s1. The van der Waals surface area contributed by atoms with E-state index in [2.05, 4.69) is 27.3 Å². The number of aromatic hydroxyl groups is 1. The van der Waals surface area contributed by atoms with Crippen LogP contribution < -0.4 is 21.3 Å². The molecule has 0 saturated carbocycles. The van der Waals surface area contributed by atoms with Gasteiger partial charge in [0.2, 0.25) is 6.41 Å². The van der Waals surface area contributed by atoms with Gasteiger partial charge in [-0.15, -0.1) is 0 Å². The van der Waals surface area contributed by atoms with E-state index in [1.165, 1.54) is 11.6 Å². The van der Waals surface area contributed by atoms with Gasteiger partial charge in [-0.3, -0.25) is 4.79 Å². The molecule has 0 fully saturated rings. The van der Waals surface area contributed by atoms with Gasteiger partial charge in [0.05, 0.1) is 11.8 Å². The number of phenolic OH excluding ortho intramolecular Hbond substituents is 1. The van der Waals surface area contributed by atoms with Crippen molar-refractivity contribution in [3.05, 3.63) is 83.9 Å². The molecule has 0 aliphatic heterocycles. The molecule has 0 radical (unpaired) electrons. The van der Waals surface area contributed by atoms with Gasteiger partial charge in [-0.1, -0.05) is 49.2 Å². The van der Waals surface area contributed by atoms with Gasteiger partial charge in [0, 0.05) is 31.1 Å². The number of aryl methyl sites for hydroxylation is 1. The highest BCUT2D eigenvalue weighted by Gasteiger charge is 2.10. The molecule has 0 aliphatic rings. The maximum absolute atomic E-state index is 12.2. The number of unbranched alkanes of at least 4 members (excludes halogenated alkanes) is 4. The molecule has 0 heterocycles. The minimum atomic E-state index is -0.719. The van der Waals surface area contributed by atoms with Crippen molar-refractivity contribution in [1.82, 2.24) is 5.32 Å². The summed E-state index contributed by atoms with van der Waals surface area (Å²) in [4.78, 5) is 22.8. The number of hydrogen-bond acceptors (Lipinski definition) is 6. The van der Waals surface area contributed by atoms with E-state index in [0.717, 1.165) is 76.1 Å². The molecule has 3 aromatic rings. The van der Waals surface area contributed by atoms with Crippen LogP contribution in [0.3, 0.4) is 0 Å². The van der Waals surface area contributed by atoms with Crippen molar-refractivity contribution in [2.75, 3.05) is 42.3 Å². The van der Waals surface area contributed by atoms with Gasteiger partial charge >= 0.3 is 6.03 Å². The first-order chi connectivity index (χ1) is 20.0. The molecule has 6 N–H and O–H groups in total. The van der Waals surface area contributed by atoms with Crippen molar-refractivity contribution < 1.29 is 24.5 Å². The predicted molar refractivity (Wildman–Crippen MR) is 163 cm³/mol. The Labute approximate surface area is 242 Å². The van der Waals surface area contributed by atoms with Crippen molar-refractivity contribution in [2.24, 2.45) is 0 Å². The number of aliphatic hydroxyl groups excluding tert-OH is 1. The highest BCUT2D eigenvalue weighted by molar-refractivity contribution is 5.99. The van der Waals surface area contributed by atoms with Gasteiger partial charge in [0.1, 0.15) is 5.75 Å². The van der Waals surface area contributed by atoms with Gasteiger partial charge in [-0.05, 0) is 86.2 Å². The number of rotatable bonds is 19. The first kappa shape index (κ1) is 31.6. The smallest absolute Gasteiger partial charge is 0.323 e. The number of nitrogens with one attached hydrogen (secondary N) is 4. The number of amides is 3. The van der Waals surface area contributed by atoms with E-state index in [-0.39, 0.29) is 17.5 Å². The molecule has 3 amide bonds. The monoisotopic (exact) mass is 562 g/mol. The van der Waals surface area contributed by atoms with E-state index < -0.39 is 6.10 Å². The van der Waals surface area contributed by atoms with E-state index in [1.54, 1.807) is 12.1 Å². The predicted octanol–water partition coefficient (Wildman–Crippen LogP) is 5.83. The van der Waals surface area contributed by atoms with Gasteiger partial charge in [-0.25, -0.2) is 4.79 Å². The molecule has 0 unspecified atom stereocenters. The van der Waals surface area contributed by atoms with E-state index in [1.807, 2.05) is 48.5 Å². The van der Waals surface area contributed by atoms with Gasteiger partial charge in [0.15, 0.2) is 0 Å². The number of hydrogen-bond donors (Lipinski definition) is 6. The summed E-state index contributed by atoms with van der Waals surface area (Å²) < 4.78 is 5.79. The highest BCUT2D eigenvalue weighted by Crippen LogP contribution is 2.26. The number of ether oxygens (including phenoxy) is 1. The minimum Gasteiger partial charge on any atom is -0.506 e. The second kappa shape index (κ2) is 18.4. The lowest BCUT2D eigenvalue weighted by Crippen LogP contribution is -2.22. The van der Waals surface area contributed by atoms with Crippen LogP contribution in [0.1, 0.15) is 55.8 Å². The maximum atomic E-state index is 12.2. The maximum Gasteiger partial charge on any atom is 0.323 e. The molecule has 9 nitrogen and oxygen atoms in total. The van der Waals surface area contributed by atoms with Crippen LogP contribution in [0.5, 0.6) is 5.75 Å². The van der Waals surface area contributed by atoms with Crippen LogP contribution in [0, 0.1) is 0 Å². The summed E-state index contributed by atoms with van der Waals surface area (Å²) >= 11 is 0. The van der Waals surface area contributed by atoms with Crippen LogP contribution in [0.15, 0.2) is 72.8 Å². The van der Waals surface area contributed by atoms with Crippen LogP contribution in [0.4, 0.5) is 21.9 Å². The van der Waals surface area contributed by atoms with Crippen molar-refractivity contribution in [3.8, 4) is 5.75 Å². The Balaban J connectivity index is 1.16. The first-order valence-corrected chi connectivity index (χ1v) is 14.3. The van der Waals surface area contributed by atoms with E-state index >= 15 is 0 Å². The second-order valence-corrected chi connectivity index (χ2v) is 9.89. The lowest BCUT2D eigenvalue weighted by atomic mass is 10.1. The van der Waals surface area contributed by atoms with Crippen molar-refractivity contribution >= 4 is 29.5 Å². The number of para-hydroxylation sites is 1. The lowest BCUT2D eigenvalue weighted by molar-refractivity contribution is -0.105. The molecular formula is C32H42N4O5. The van der Waals surface area contributed by atoms with E-state index in [4.69, 9.17) is 4.74 Å². The Morgan fingerprint density at radius 3 is 2.37 bits per heavy atom. The summed E-state index contributed by atoms with van der Waals surface area (Å²) in [6.07, 6.45) is 6.96. The molecule has 0 aliphatic carbocycles. The molecular weight excluding hydrogens is 520 g/mol. The Hall–Kier alpha value is -3.92. The van der Waals surface area contributed by atoms with Gasteiger partial charge in [0.25, 0.3) is 0 Å². The average Bonchev–Trinajstić information content (AvgIpc) is 2.97. The van der Waals surface area contributed by atoms with Crippen molar-refractivity contribution in [1.29, 1.82) is 0 Å². The van der Waals surface area contributed by atoms with Gasteiger partial charge in [-0.2, -0.15) is 0 Å². The number of carbonyl (C=O) groups is 2. The number of urea groups is 1. The van der Waals surface area contributed by atoms with Gasteiger partial charge < -0.3 is 36.2 Å². The number of carbonyl (C=O) groups excluding carboxylic acids is 2. The molecule has 3 rings (SSSR count). The van der Waals surface area contributed by atoms with Crippen LogP contribution in [-0.4, -0.2) is 49.0 Å². The molecule has 3 aromatic carbocycles. The molecule has 1 atom stereocenters. The zero-order valence-electron chi connectivity index (χ0n) is 23.5. The third-order valence-corrected chi connectivity index (χ3v) is 6.57. The topological polar surface area (TPSA) is 132 Å². The molecule has 0 aromatic heterocycles. The SMILES string of the molecule is O=CNc1cc([C@@H](O)CNCCCCCCOCCCCc2cccc(NC(=O)Nc3ccccc3)c2)ccc1O. The zero-order chi connectivity index (χ0) is 29.1. The fraction of sp³-hybridized carbons (Fsp3) is 0.375. The van der Waals surface area contributed by atoms with Crippen molar-refractivity contribution in [3.63, 3.8) is 0 Å². The summed E-state index contributed by atoms with van der Waals surface area (Å²) in [5, 5.41) is 31.4. The Morgan fingerprint density at radius 1 is 0.829 bits per heavy atom. The van der Waals surface area contributed by atoms with Crippen molar-refractivity contribution in [2.45, 2.75) is 51.0 Å². The Bertz CT molecular complexity index is 1190. The highest BCUT2D eigenvalue weighted by atomic mass is 16.5. The summed E-state index contributed by atoms with van der Waals surface area (Å²) in [7, 11) is 0. The first-order valence-electron chi connectivity index (χ1n) is 14.3. The summed E-state index contributed by atoms with van der Waals surface area (Å²) in [5.41, 5.74) is 3.63. The zero-order valence-corrected chi connectivity index (χ0v) is 23.5. The molecule has 41 heavy (non-hydrogen) atoms. The molecule has 0 bridgehead atoms. The van der Waals surface area contributed by atoms with Crippen LogP contribution in [-0.2, 0) is 16.0 Å². The number of benzene rings is 3. The minimum absolute atomic E-state index is 0.0351. The van der Waals surface area contributed by atoms with Crippen LogP contribution >= 0.6 is 0 Å². The number of aliphatic hydroxyl groups is 1. The normalized spacial score (nSPS) is 11.5. The Morgan fingerprint density at radius 2 is 1.56 bits per heavy atom. The number of phenols is 1. The third-order valence-electron chi connectivity index (χ3n) is 6.57. The molecule has 0 saturated heterocycles. The summed E-state index contributed by atoms with van der Waals surface area (Å²) in [6, 6.07) is 21.7. The second-order valence-electron chi connectivity index (χ2n) is 9.89. The van der Waals surface area contributed by atoms with Crippen LogP contribution in [0.2, 0.25) is 0 Å². The Kier molecular flexibility index (Phi) is 14.2. The molecule has 9 heteroatoms. The third kappa shape index (κ3) is 12.4. The largest absolute Gasteiger partial charge is 0.506 e.